The van der Waals surface area contributed by atoms with Crippen LogP contribution in [0.5, 0.6) is 0 Å². The van der Waals surface area contributed by atoms with Gasteiger partial charge < -0.3 is 14.4 Å². The van der Waals surface area contributed by atoms with E-state index in [4.69, 9.17) is 14.5 Å². The van der Waals surface area contributed by atoms with Crippen LogP contribution in [0.2, 0.25) is 0 Å². The molecule has 0 saturated heterocycles. The third kappa shape index (κ3) is 13.4. The van der Waals surface area contributed by atoms with Crippen molar-refractivity contribution in [3.8, 4) is 0 Å². The van der Waals surface area contributed by atoms with Crippen LogP contribution in [0.15, 0.2) is 64.6 Å². The van der Waals surface area contributed by atoms with E-state index in [1.54, 1.807) is 17.4 Å². The van der Waals surface area contributed by atoms with Crippen molar-refractivity contribution in [2.24, 2.45) is 0 Å². The molecule has 2 rings (SSSR count). The third-order valence-corrected chi connectivity index (χ3v) is 6.62. The van der Waals surface area contributed by atoms with Crippen LogP contribution in [0.1, 0.15) is 64.1 Å². The summed E-state index contributed by atoms with van der Waals surface area (Å²) >= 11 is 1.58. The first kappa shape index (κ1) is 30.5. The van der Waals surface area contributed by atoms with Crippen LogP contribution in [0.3, 0.4) is 0 Å². The van der Waals surface area contributed by atoms with E-state index in [1.165, 1.54) is 11.6 Å². The van der Waals surface area contributed by atoms with E-state index in [2.05, 4.69) is 29.4 Å². The maximum absolute atomic E-state index is 12.6. The van der Waals surface area contributed by atoms with E-state index < -0.39 is 12.1 Å². The van der Waals surface area contributed by atoms with Gasteiger partial charge in [-0.2, -0.15) is 0 Å². The predicted octanol–water partition coefficient (Wildman–Crippen LogP) is 6.16. The first-order chi connectivity index (χ1) is 17.6. The van der Waals surface area contributed by atoms with Crippen molar-refractivity contribution in [1.82, 2.24) is 9.88 Å². The maximum atomic E-state index is 12.6. The summed E-state index contributed by atoms with van der Waals surface area (Å²) in [5, 5.41) is 2.98. The molecule has 2 atom stereocenters. The predicted molar refractivity (Wildman–Crippen MR) is 152 cm³/mol. The number of thiazole rings is 1. The van der Waals surface area contributed by atoms with E-state index in [9.17, 15) is 9.59 Å². The van der Waals surface area contributed by atoms with E-state index in [-0.39, 0.29) is 12.1 Å². The fraction of sp³-hybridized carbons (Fsp3) is 0.500. The zero-order valence-electron chi connectivity index (χ0n) is 23.2. The van der Waals surface area contributed by atoms with Gasteiger partial charge in [-0.3, -0.25) is 4.79 Å². The Morgan fingerprint density at radius 3 is 2.59 bits per heavy atom. The molecule has 1 aromatic heterocycles. The molecule has 7 heteroatoms. The molecule has 0 aliphatic carbocycles. The van der Waals surface area contributed by atoms with Crippen molar-refractivity contribution in [2.45, 2.75) is 78.4 Å². The maximum Gasteiger partial charge on any atom is 0.331 e. The molecule has 0 fully saturated rings. The molecule has 0 amide bonds. The molecule has 0 aromatic carbocycles. The van der Waals surface area contributed by atoms with Gasteiger partial charge in [0.05, 0.1) is 10.7 Å². The average Bonchev–Trinajstić information content (AvgIpc) is 3.25. The molecule has 1 aromatic rings. The van der Waals surface area contributed by atoms with E-state index >= 15 is 0 Å². The lowest BCUT2D eigenvalue weighted by Gasteiger charge is -2.13. The minimum absolute atomic E-state index is 0.168. The van der Waals surface area contributed by atoms with E-state index in [0.717, 1.165) is 47.7 Å². The number of rotatable bonds is 5. The lowest BCUT2D eigenvalue weighted by molar-refractivity contribution is -0.148. The molecular formula is C30H42N2O4S. The highest BCUT2D eigenvalue weighted by molar-refractivity contribution is 7.09. The van der Waals surface area contributed by atoms with Crippen molar-refractivity contribution in [2.75, 3.05) is 20.6 Å². The summed E-state index contributed by atoms with van der Waals surface area (Å²) in [4.78, 5) is 31.6. The zero-order chi connectivity index (χ0) is 27.2. The number of hydrogen-bond donors (Lipinski definition) is 0. The van der Waals surface area contributed by atoms with E-state index in [0.29, 0.717) is 19.3 Å². The Morgan fingerprint density at radius 2 is 1.84 bits per heavy atom. The van der Waals surface area contributed by atoms with Gasteiger partial charge >= 0.3 is 11.9 Å². The first-order valence-corrected chi connectivity index (χ1v) is 13.8. The standard InChI is InChI=1S/C30H42N2O4S/c1-22(16-17-32(5)6)14-15-24(3)19-27-20-28-31-26(21-37-28)11-7-8-12-29(33)35-25(4)18-23(2)10-9-13-30(34)36-27/h9-10,13-16,19,21,25,27H,7-8,11-12,17-18,20H2,1-6H3/b13-9-,15-14+,22-16+,23-10?,24-19+/t25-,27?/m0/s1. The Hall–Kier alpha value is -2.77. The highest BCUT2D eigenvalue weighted by atomic mass is 32.1. The van der Waals surface area contributed by atoms with Crippen molar-refractivity contribution in [3.63, 3.8) is 0 Å². The second-order valence-corrected chi connectivity index (χ2v) is 10.9. The third-order valence-electron chi connectivity index (χ3n) is 5.70. The quantitative estimate of drug-likeness (QED) is 0.338. The summed E-state index contributed by atoms with van der Waals surface area (Å²) in [6, 6.07) is 0. The lowest BCUT2D eigenvalue weighted by Crippen LogP contribution is -2.17. The molecule has 1 aliphatic heterocycles. The molecule has 37 heavy (non-hydrogen) atoms. The number of allylic oxidation sites excluding steroid dienone is 6. The lowest BCUT2D eigenvalue weighted by atomic mass is 10.1. The van der Waals surface area contributed by atoms with Crippen LogP contribution in [-0.4, -0.2) is 54.7 Å². The van der Waals surface area contributed by atoms with Crippen LogP contribution in [-0.2, 0) is 31.9 Å². The van der Waals surface area contributed by atoms with Crippen molar-refractivity contribution < 1.29 is 19.1 Å². The number of aromatic nitrogens is 1. The van der Waals surface area contributed by atoms with Crippen LogP contribution in [0.25, 0.3) is 0 Å². The van der Waals surface area contributed by atoms with Crippen LogP contribution >= 0.6 is 11.3 Å². The Morgan fingerprint density at radius 1 is 1.11 bits per heavy atom. The number of hydrogen-bond acceptors (Lipinski definition) is 7. The molecule has 2 heterocycles. The van der Waals surface area contributed by atoms with Gasteiger partial charge in [-0.1, -0.05) is 47.1 Å². The smallest absolute Gasteiger partial charge is 0.331 e. The molecule has 0 radical (unpaired) electrons. The summed E-state index contributed by atoms with van der Waals surface area (Å²) in [5.41, 5.74) is 4.22. The number of cyclic esters (lactones) is 2. The fourth-order valence-electron chi connectivity index (χ4n) is 3.77. The molecule has 202 valence electrons. The summed E-state index contributed by atoms with van der Waals surface area (Å²) in [7, 11) is 4.08. The molecule has 1 unspecified atom stereocenters. The number of aryl methyl sites for hydroxylation is 1. The number of ether oxygens (including phenoxy) is 2. The normalized spacial score (nSPS) is 22.6. The molecule has 1 aliphatic rings. The number of likely N-dealkylation sites (N-methyl/N-ethyl adjacent to an activating group) is 1. The van der Waals surface area contributed by atoms with E-state index in [1.807, 2.05) is 53.1 Å². The van der Waals surface area contributed by atoms with Gasteiger partial charge in [-0.25, -0.2) is 9.78 Å². The van der Waals surface area contributed by atoms with Gasteiger partial charge in [0.25, 0.3) is 0 Å². The molecule has 0 spiro atoms. The van der Waals surface area contributed by atoms with Crippen molar-refractivity contribution in [1.29, 1.82) is 0 Å². The van der Waals surface area contributed by atoms with Crippen LogP contribution < -0.4 is 0 Å². The van der Waals surface area contributed by atoms with Crippen molar-refractivity contribution in [3.05, 3.63) is 75.3 Å². The number of esters is 2. The molecule has 0 saturated carbocycles. The van der Waals surface area contributed by atoms with Gasteiger partial charge in [-0.05, 0) is 67.1 Å². The largest absolute Gasteiger partial charge is 0.462 e. The Labute approximate surface area is 226 Å². The van der Waals surface area contributed by atoms with Gasteiger partial charge in [-0.15, -0.1) is 11.3 Å². The monoisotopic (exact) mass is 526 g/mol. The Kier molecular flexibility index (Phi) is 13.3. The number of fused-ring (bicyclic) bond motifs is 2. The summed E-state index contributed by atoms with van der Waals surface area (Å²) < 4.78 is 11.3. The highest BCUT2D eigenvalue weighted by Gasteiger charge is 2.15. The van der Waals surface area contributed by atoms with Gasteiger partial charge in [0.2, 0.25) is 0 Å². The van der Waals surface area contributed by atoms with Crippen molar-refractivity contribution >= 4 is 23.3 Å². The Balaban J connectivity index is 2.21. The number of nitrogens with zero attached hydrogens (tertiary/aromatic N) is 2. The van der Waals surface area contributed by atoms with Gasteiger partial charge in [0, 0.05) is 37.3 Å². The molecule has 6 nitrogen and oxygen atoms in total. The number of carbonyl (C=O) groups is 2. The SMILES string of the molecule is CC1=C/C=C\C(=O)OC(/C=C(C)/C=C/C(C)=C/CN(C)C)Cc2nc(cs2)CCCCC(=O)O[C@@H](C)C1. The molecule has 2 bridgehead atoms. The Bertz CT molecular complexity index is 1050. The minimum Gasteiger partial charge on any atom is -0.462 e. The zero-order valence-corrected chi connectivity index (χ0v) is 24.0. The highest BCUT2D eigenvalue weighted by Crippen LogP contribution is 2.18. The first-order valence-electron chi connectivity index (χ1n) is 13.0. The van der Waals surface area contributed by atoms with Gasteiger partial charge in [0.15, 0.2) is 0 Å². The summed E-state index contributed by atoms with van der Waals surface area (Å²) in [5.74, 6) is -0.572. The van der Waals surface area contributed by atoms with Crippen LogP contribution in [0.4, 0.5) is 0 Å². The summed E-state index contributed by atoms with van der Waals surface area (Å²) in [6.07, 6.45) is 16.6. The number of carbonyl (C=O) groups excluding carboxylic acids is 2. The van der Waals surface area contributed by atoms with Crippen LogP contribution in [0, 0.1) is 0 Å². The second kappa shape index (κ2) is 16.2. The summed E-state index contributed by atoms with van der Waals surface area (Å²) in [6.45, 7) is 8.82. The van der Waals surface area contributed by atoms with Gasteiger partial charge in [0.1, 0.15) is 12.2 Å². The second-order valence-electron chi connectivity index (χ2n) is 9.95. The molecular weight excluding hydrogens is 484 g/mol. The minimum atomic E-state index is -0.426. The topological polar surface area (TPSA) is 68.7 Å². The fourth-order valence-corrected chi connectivity index (χ4v) is 4.64. The molecule has 0 N–H and O–H groups in total. The average molecular weight is 527 g/mol.